The number of benzene rings is 1. The minimum Gasteiger partial charge on any atom is -0.120 e. The summed E-state index contributed by atoms with van der Waals surface area (Å²) in [5, 5.41) is 0. The lowest BCUT2D eigenvalue weighted by Gasteiger charge is -2.03. The number of unbranched alkanes of at least 4 members (excludes halogenated alkanes) is 4. The first kappa shape index (κ1) is 13.8. The second-order valence-corrected chi connectivity index (χ2v) is 4.68. The SMILES string of the molecule is C#CCCCCCCc1ccc(CCC)cc1. The van der Waals surface area contributed by atoms with Crippen LogP contribution in [0.1, 0.15) is 56.6 Å². The number of rotatable bonds is 8. The molecule has 0 radical (unpaired) electrons. The van der Waals surface area contributed by atoms with Gasteiger partial charge in [0.15, 0.2) is 0 Å². The third kappa shape index (κ3) is 6.17. The monoisotopic (exact) mass is 228 g/mol. The average Bonchev–Trinajstić information content (AvgIpc) is 2.36. The van der Waals surface area contributed by atoms with Gasteiger partial charge in [0.2, 0.25) is 0 Å². The highest BCUT2D eigenvalue weighted by Crippen LogP contribution is 2.11. The summed E-state index contributed by atoms with van der Waals surface area (Å²) in [6.45, 7) is 2.23. The fraction of sp³-hybridized carbons (Fsp3) is 0.529. The molecular weight excluding hydrogens is 204 g/mol. The highest BCUT2D eigenvalue weighted by Gasteiger charge is 1.95. The van der Waals surface area contributed by atoms with Crippen LogP contribution in [0.3, 0.4) is 0 Å². The third-order valence-electron chi connectivity index (χ3n) is 3.10. The summed E-state index contributed by atoms with van der Waals surface area (Å²) < 4.78 is 0. The largest absolute Gasteiger partial charge is 0.120 e. The zero-order valence-electron chi connectivity index (χ0n) is 11.0. The van der Waals surface area contributed by atoms with Crippen LogP contribution in [-0.4, -0.2) is 0 Å². The number of terminal acetylenes is 1. The zero-order valence-corrected chi connectivity index (χ0v) is 11.0. The Labute approximate surface area is 106 Å². The first-order chi connectivity index (χ1) is 8.36. The second kappa shape index (κ2) is 8.88. The van der Waals surface area contributed by atoms with Crippen LogP contribution in [0.5, 0.6) is 0 Å². The van der Waals surface area contributed by atoms with E-state index in [1.807, 2.05) is 0 Å². The zero-order chi connectivity index (χ0) is 12.3. The first-order valence-corrected chi connectivity index (χ1v) is 6.88. The Morgan fingerprint density at radius 1 is 0.882 bits per heavy atom. The fourth-order valence-corrected chi connectivity index (χ4v) is 2.07. The van der Waals surface area contributed by atoms with Crippen molar-refractivity contribution in [1.82, 2.24) is 0 Å². The molecular formula is C17H24. The van der Waals surface area contributed by atoms with E-state index in [1.54, 1.807) is 0 Å². The normalized spacial score (nSPS) is 10.1. The summed E-state index contributed by atoms with van der Waals surface area (Å²) in [7, 11) is 0. The summed E-state index contributed by atoms with van der Waals surface area (Å²) in [5.74, 6) is 2.69. The van der Waals surface area contributed by atoms with Gasteiger partial charge in [-0.15, -0.1) is 12.3 Å². The summed E-state index contributed by atoms with van der Waals surface area (Å²) in [5.41, 5.74) is 2.94. The maximum absolute atomic E-state index is 5.22. The summed E-state index contributed by atoms with van der Waals surface area (Å²) in [6.07, 6.45) is 14.9. The van der Waals surface area contributed by atoms with Gasteiger partial charge >= 0.3 is 0 Å². The maximum Gasteiger partial charge on any atom is 0.00860 e. The Kier molecular flexibility index (Phi) is 7.23. The van der Waals surface area contributed by atoms with Crippen molar-refractivity contribution in [3.63, 3.8) is 0 Å². The van der Waals surface area contributed by atoms with Crippen LogP contribution in [-0.2, 0) is 12.8 Å². The Balaban J connectivity index is 2.16. The molecule has 0 fully saturated rings. The fourth-order valence-electron chi connectivity index (χ4n) is 2.07. The molecule has 1 aromatic rings. The molecule has 92 valence electrons. The predicted octanol–water partition coefficient (Wildman–Crippen LogP) is 4.77. The van der Waals surface area contributed by atoms with Crippen molar-refractivity contribution in [3.05, 3.63) is 35.4 Å². The first-order valence-electron chi connectivity index (χ1n) is 6.88. The van der Waals surface area contributed by atoms with Gasteiger partial charge < -0.3 is 0 Å². The van der Waals surface area contributed by atoms with E-state index in [-0.39, 0.29) is 0 Å². The van der Waals surface area contributed by atoms with Gasteiger partial charge in [-0.05, 0) is 36.8 Å². The van der Waals surface area contributed by atoms with Crippen molar-refractivity contribution in [2.75, 3.05) is 0 Å². The third-order valence-corrected chi connectivity index (χ3v) is 3.10. The molecule has 0 N–H and O–H groups in total. The van der Waals surface area contributed by atoms with Gasteiger partial charge in [-0.2, -0.15) is 0 Å². The lowest BCUT2D eigenvalue weighted by molar-refractivity contribution is 0.650. The molecule has 1 rings (SSSR count). The van der Waals surface area contributed by atoms with Gasteiger partial charge in [-0.25, -0.2) is 0 Å². The van der Waals surface area contributed by atoms with Gasteiger partial charge in [0.05, 0.1) is 0 Å². The average molecular weight is 228 g/mol. The lowest BCUT2D eigenvalue weighted by atomic mass is 10.0. The van der Waals surface area contributed by atoms with E-state index in [4.69, 9.17) is 6.42 Å². The smallest absolute Gasteiger partial charge is 0.00860 e. The molecule has 0 heterocycles. The van der Waals surface area contributed by atoms with Crippen LogP contribution in [0, 0.1) is 12.3 Å². The molecule has 0 aliphatic carbocycles. The minimum absolute atomic E-state index is 0.936. The van der Waals surface area contributed by atoms with Gasteiger partial charge in [-0.1, -0.05) is 50.5 Å². The summed E-state index contributed by atoms with van der Waals surface area (Å²) in [4.78, 5) is 0. The Bertz CT molecular complexity index is 326. The molecule has 1 aromatic carbocycles. The molecule has 0 aliphatic rings. The van der Waals surface area contributed by atoms with E-state index < -0.39 is 0 Å². The molecule has 0 aromatic heterocycles. The maximum atomic E-state index is 5.22. The van der Waals surface area contributed by atoms with Crippen molar-refractivity contribution in [3.8, 4) is 12.3 Å². The highest BCUT2D eigenvalue weighted by atomic mass is 14.0. The molecule has 0 bridgehead atoms. The molecule has 0 spiro atoms. The number of hydrogen-bond acceptors (Lipinski definition) is 0. The van der Waals surface area contributed by atoms with Crippen molar-refractivity contribution in [2.45, 2.75) is 58.3 Å². The Morgan fingerprint density at radius 3 is 2.06 bits per heavy atom. The summed E-state index contributed by atoms with van der Waals surface area (Å²) in [6, 6.07) is 9.12. The quantitative estimate of drug-likeness (QED) is 0.444. The molecule has 0 unspecified atom stereocenters. The van der Waals surface area contributed by atoms with Crippen molar-refractivity contribution in [2.24, 2.45) is 0 Å². The van der Waals surface area contributed by atoms with Crippen LogP contribution >= 0.6 is 0 Å². The van der Waals surface area contributed by atoms with Gasteiger partial charge in [0.1, 0.15) is 0 Å². The van der Waals surface area contributed by atoms with Crippen LogP contribution in [0.25, 0.3) is 0 Å². The highest BCUT2D eigenvalue weighted by molar-refractivity contribution is 5.22. The second-order valence-electron chi connectivity index (χ2n) is 4.68. The van der Waals surface area contributed by atoms with E-state index in [0.717, 1.165) is 6.42 Å². The van der Waals surface area contributed by atoms with Gasteiger partial charge in [0.25, 0.3) is 0 Å². The van der Waals surface area contributed by atoms with Crippen LogP contribution in [0.15, 0.2) is 24.3 Å². The van der Waals surface area contributed by atoms with E-state index in [2.05, 4.69) is 37.1 Å². The van der Waals surface area contributed by atoms with Gasteiger partial charge in [-0.3, -0.25) is 0 Å². The van der Waals surface area contributed by atoms with Crippen molar-refractivity contribution in [1.29, 1.82) is 0 Å². The van der Waals surface area contributed by atoms with E-state index in [1.165, 1.54) is 56.1 Å². The molecule has 0 aliphatic heterocycles. The molecule has 0 saturated heterocycles. The van der Waals surface area contributed by atoms with E-state index >= 15 is 0 Å². The van der Waals surface area contributed by atoms with E-state index in [0.29, 0.717) is 0 Å². The van der Waals surface area contributed by atoms with Gasteiger partial charge in [0, 0.05) is 6.42 Å². The van der Waals surface area contributed by atoms with Crippen LogP contribution in [0.2, 0.25) is 0 Å². The number of hydrogen-bond donors (Lipinski definition) is 0. The summed E-state index contributed by atoms with van der Waals surface area (Å²) >= 11 is 0. The minimum atomic E-state index is 0.936. The standard InChI is InChI=1S/C17H24/c1-3-5-6-7-8-9-11-17-14-12-16(10-4-2)13-15-17/h1,12-15H,4-11H2,2H3. The molecule has 0 nitrogen and oxygen atoms in total. The molecule has 0 heteroatoms. The molecule has 17 heavy (non-hydrogen) atoms. The predicted molar refractivity (Wildman–Crippen MR) is 76.1 cm³/mol. The van der Waals surface area contributed by atoms with Crippen LogP contribution in [0.4, 0.5) is 0 Å². The van der Waals surface area contributed by atoms with Crippen molar-refractivity contribution >= 4 is 0 Å². The van der Waals surface area contributed by atoms with E-state index in [9.17, 15) is 0 Å². The van der Waals surface area contributed by atoms with Crippen LogP contribution < -0.4 is 0 Å². The topological polar surface area (TPSA) is 0 Å². The molecule has 0 atom stereocenters. The number of aryl methyl sites for hydroxylation is 2. The Morgan fingerprint density at radius 2 is 1.47 bits per heavy atom. The lowest BCUT2D eigenvalue weighted by Crippen LogP contribution is -1.88. The van der Waals surface area contributed by atoms with Crippen molar-refractivity contribution < 1.29 is 0 Å². The Hall–Kier alpha value is -1.22. The molecule has 0 amide bonds. The molecule has 0 saturated carbocycles.